The minimum atomic E-state index is -1.00. The molecule has 96 valence electrons. The van der Waals surface area contributed by atoms with E-state index < -0.39 is 5.97 Å². The first-order chi connectivity index (χ1) is 8.45. The lowest BCUT2D eigenvalue weighted by molar-refractivity contribution is -0.137. The van der Waals surface area contributed by atoms with E-state index in [2.05, 4.69) is 11.2 Å². The van der Waals surface area contributed by atoms with Crippen LogP contribution in [0.1, 0.15) is 24.3 Å². The summed E-state index contributed by atoms with van der Waals surface area (Å²) in [6.07, 6.45) is 6.87. The molecule has 1 aromatic heterocycles. The van der Waals surface area contributed by atoms with Crippen molar-refractivity contribution in [3.8, 4) is 12.3 Å². The number of terminal acetylenes is 1. The van der Waals surface area contributed by atoms with Gasteiger partial charge in [0.25, 0.3) is 5.91 Å². The van der Waals surface area contributed by atoms with Gasteiger partial charge >= 0.3 is 5.97 Å². The highest BCUT2D eigenvalue weighted by molar-refractivity contribution is 5.93. The summed E-state index contributed by atoms with van der Waals surface area (Å²) in [6.45, 7) is 3.56. The van der Waals surface area contributed by atoms with Gasteiger partial charge in [-0.05, 0) is 18.1 Å². The highest BCUT2D eigenvalue weighted by atomic mass is 16.4. The largest absolute Gasteiger partial charge is 0.480 e. The second-order valence-electron chi connectivity index (χ2n) is 4.28. The van der Waals surface area contributed by atoms with Crippen LogP contribution >= 0.6 is 0 Å². The van der Waals surface area contributed by atoms with Gasteiger partial charge in [0, 0.05) is 6.20 Å². The Labute approximate surface area is 106 Å². The molecule has 5 nitrogen and oxygen atoms in total. The van der Waals surface area contributed by atoms with E-state index >= 15 is 0 Å². The molecule has 0 saturated carbocycles. The standard InChI is InChI=1S/C13H16N2O3/c1-4-10(9(2)3)14-13(18)11-6-5-7-15(11)8-12(16)17/h1,5-7,9-10H,8H2,2-3H3,(H,14,18)(H,16,17). The first-order valence-electron chi connectivity index (χ1n) is 5.59. The molecule has 1 atom stereocenters. The Balaban J connectivity index is 2.82. The van der Waals surface area contributed by atoms with Crippen LogP contribution in [0.4, 0.5) is 0 Å². The average molecular weight is 248 g/mol. The van der Waals surface area contributed by atoms with E-state index in [4.69, 9.17) is 11.5 Å². The van der Waals surface area contributed by atoms with Crippen LogP contribution in [0.25, 0.3) is 0 Å². The minimum Gasteiger partial charge on any atom is -0.480 e. The number of carboxylic acid groups (broad SMARTS) is 1. The quantitative estimate of drug-likeness (QED) is 0.762. The van der Waals surface area contributed by atoms with Gasteiger partial charge in [0.05, 0.1) is 6.04 Å². The molecule has 0 fully saturated rings. The van der Waals surface area contributed by atoms with Gasteiger partial charge in [0.15, 0.2) is 0 Å². The summed E-state index contributed by atoms with van der Waals surface area (Å²) in [6, 6.07) is 2.82. The summed E-state index contributed by atoms with van der Waals surface area (Å²) in [5, 5.41) is 11.4. The smallest absolute Gasteiger partial charge is 0.323 e. The molecule has 0 aliphatic carbocycles. The van der Waals surface area contributed by atoms with E-state index in [1.165, 1.54) is 4.57 Å². The summed E-state index contributed by atoms with van der Waals surface area (Å²) in [5.74, 6) is 1.24. The van der Waals surface area contributed by atoms with Gasteiger partial charge in [-0.2, -0.15) is 0 Å². The zero-order valence-corrected chi connectivity index (χ0v) is 10.4. The van der Waals surface area contributed by atoms with E-state index in [-0.39, 0.29) is 24.4 Å². The molecule has 0 aliphatic rings. The zero-order valence-electron chi connectivity index (χ0n) is 10.4. The lowest BCUT2D eigenvalue weighted by Crippen LogP contribution is -2.38. The third-order valence-electron chi connectivity index (χ3n) is 2.50. The number of nitrogens with one attached hydrogen (secondary N) is 1. The third kappa shape index (κ3) is 3.39. The molecule has 0 bridgehead atoms. The Kier molecular flexibility index (Phi) is 4.55. The molecule has 1 unspecified atom stereocenters. The molecule has 0 aromatic carbocycles. The van der Waals surface area contributed by atoms with Crippen molar-refractivity contribution in [1.82, 2.24) is 9.88 Å². The van der Waals surface area contributed by atoms with Gasteiger partial charge in [-0.25, -0.2) is 0 Å². The lowest BCUT2D eigenvalue weighted by Gasteiger charge is -2.17. The molecule has 18 heavy (non-hydrogen) atoms. The molecule has 0 radical (unpaired) electrons. The van der Waals surface area contributed by atoms with Gasteiger partial charge in [0.1, 0.15) is 12.2 Å². The van der Waals surface area contributed by atoms with E-state index in [1.54, 1.807) is 18.3 Å². The van der Waals surface area contributed by atoms with Crippen molar-refractivity contribution in [3.05, 3.63) is 24.0 Å². The molecule has 1 aromatic rings. The van der Waals surface area contributed by atoms with Crippen LogP contribution in [0.2, 0.25) is 0 Å². The molecule has 0 spiro atoms. The topological polar surface area (TPSA) is 71.3 Å². The first kappa shape index (κ1) is 13.8. The summed E-state index contributed by atoms with van der Waals surface area (Å²) in [4.78, 5) is 22.6. The van der Waals surface area contributed by atoms with Gasteiger partial charge in [0.2, 0.25) is 0 Å². The molecule has 0 saturated heterocycles. The van der Waals surface area contributed by atoms with E-state index in [0.717, 1.165) is 0 Å². The molecular weight excluding hydrogens is 232 g/mol. The molecule has 2 N–H and O–H groups in total. The second kappa shape index (κ2) is 5.92. The number of carbonyl (C=O) groups is 2. The highest BCUT2D eigenvalue weighted by Crippen LogP contribution is 2.05. The number of hydrogen-bond acceptors (Lipinski definition) is 2. The van der Waals surface area contributed by atoms with Crippen LogP contribution < -0.4 is 5.32 Å². The van der Waals surface area contributed by atoms with Crippen molar-refractivity contribution in [2.75, 3.05) is 0 Å². The predicted molar refractivity (Wildman–Crippen MR) is 67.0 cm³/mol. The zero-order chi connectivity index (χ0) is 13.7. The van der Waals surface area contributed by atoms with Crippen molar-refractivity contribution in [2.24, 2.45) is 5.92 Å². The Hall–Kier alpha value is -2.22. The van der Waals surface area contributed by atoms with Crippen LogP contribution in [0.15, 0.2) is 18.3 Å². The Morgan fingerprint density at radius 3 is 2.72 bits per heavy atom. The fraction of sp³-hybridized carbons (Fsp3) is 0.385. The van der Waals surface area contributed by atoms with Gasteiger partial charge in [-0.15, -0.1) is 6.42 Å². The van der Waals surface area contributed by atoms with Crippen molar-refractivity contribution in [2.45, 2.75) is 26.4 Å². The molecule has 1 heterocycles. The fourth-order valence-electron chi connectivity index (χ4n) is 1.52. The first-order valence-corrected chi connectivity index (χ1v) is 5.59. The minimum absolute atomic E-state index is 0.113. The predicted octanol–water partition coefficient (Wildman–Crippen LogP) is 0.960. The van der Waals surface area contributed by atoms with Crippen LogP contribution in [-0.2, 0) is 11.3 Å². The summed E-state index contributed by atoms with van der Waals surface area (Å²) in [7, 11) is 0. The van der Waals surface area contributed by atoms with Crippen molar-refractivity contribution in [3.63, 3.8) is 0 Å². The number of rotatable bonds is 5. The number of aliphatic carboxylic acids is 1. The van der Waals surface area contributed by atoms with Crippen LogP contribution in [0.3, 0.4) is 0 Å². The maximum atomic E-state index is 12.0. The summed E-state index contributed by atoms with van der Waals surface area (Å²) >= 11 is 0. The van der Waals surface area contributed by atoms with Gasteiger partial charge in [-0.1, -0.05) is 19.8 Å². The monoisotopic (exact) mass is 248 g/mol. The molecule has 1 amide bonds. The molecule has 1 rings (SSSR count). The number of aromatic nitrogens is 1. The lowest BCUT2D eigenvalue weighted by atomic mass is 10.1. The average Bonchev–Trinajstić information content (AvgIpc) is 2.72. The van der Waals surface area contributed by atoms with Crippen LogP contribution in [-0.4, -0.2) is 27.6 Å². The maximum absolute atomic E-state index is 12.0. The van der Waals surface area contributed by atoms with Crippen molar-refractivity contribution >= 4 is 11.9 Å². The van der Waals surface area contributed by atoms with Crippen LogP contribution in [0.5, 0.6) is 0 Å². The molecule has 0 aliphatic heterocycles. The SMILES string of the molecule is C#CC(NC(=O)c1cccn1CC(=O)O)C(C)C. The third-order valence-corrected chi connectivity index (χ3v) is 2.50. The van der Waals surface area contributed by atoms with Crippen molar-refractivity contribution in [1.29, 1.82) is 0 Å². The van der Waals surface area contributed by atoms with Gasteiger partial charge in [-0.3, -0.25) is 9.59 Å². The van der Waals surface area contributed by atoms with Gasteiger partial charge < -0.3 is 15.0 Å². The molecule has 5 heteroatoms. The highest BCUT2D eigenvalue weighted by Gasteiger charge is 2.17. The summed E-state index contributed by atoms with van der Waals surface area (Å²) in [5.41, 5.74) is 0.290. The number of carbonyl (C=O) groups excluding carboxylic acids is 1. The van der Waals surface area contributed by atoms with Crippen molar-refractivity contribution < 1.29 is 14.7 Å². The number of amides is 1. The Morgan fingerprint density at radius 2 is 2.22 bits per heavy atom. The van der Waals surface area contributed by atoms with E-state index in [1.807, 2.05) is 13.8 Å². The molecular formula is C13H16N2O3. The summed E-state index contributed by atoms with van der Waals surface area (Å²) < 4.78 is 1.37. The van der Waals surface area contributed by atoms with Crippen LogP contribution in [0, 0.1) is 18.3 Å². The Morgan fingerprint density at radius 1 is 1.56 bits per heavy atom. The number of nitrogens with zero attached hydrogens (tertiary/aromatic N) is 1. The van der Waals surface area contributed by atoms with E-state index in [0.29, 0.717) is 5.69 Å². The normalized spacial score (nSPS) is 11.9. The maximum Gasteiger partial charge on any atom is 0.323 e. The van der Waals surface area contributed by atoms with E-state index in [9.17, 15) is 9.59 Å². The number of hydrogen-bond donors (Lipinski definition) is 2. The second-order valence-corrected chi connectivity index (χ2v) is 4.28. The number of carboxylic acids is 1. The Bertz CT molecular complexity index is 483. The fourth-order valence-corrected chi connectivity index (χ4v) is 1.52.